The van der Waals surface area contributed by atoms with Gasteiger partial charge in [0, 0.05) is 133 Å². The molecule has 5 aliphatic rings. The molecule has 0 bridgehead atoms. The van der Waals surface area contributed by atoms with Crippen LogP contribution in [-0.2, 0) is 46.7 Å². The highest BCUT2D eigenvalue weighted by molar-refractivity contribution is 7.42. The summed E-state index contributed by atoms with van der Waals surface area (Å²) in [5, 5.41) is 9.35. The Kier molecular flexibility index (Phi) is 12.1. The molecule has 5 aliphatic heterocycles. The van der Waals surface area contributed by atoms with Gasteiger partial charge in [-0.25, -0.2) is 24.9 Å². The Bertz CT molecular complexity index is 7100. The van der Waals surface area contributed by atoms with E-state index in [1.165, 1.54) is 89.2 Å². The first kappa shape index (κ1) is 55.3. The van der Waals surface area contributed by atoms with Gasteiger partial charge in [0.2, 0.25) is 11.2 Å². The minimum absolute atomic E-state index is 0.330. The minimum Gasteiger partial charge on any atom is -0.420 e. The minimum atomic E-state index is -2.36. The Balaban J connectivity index is 0.0000000830. The number of para-hydroxylation sites is 1. The molecule has 0 aliphatic carbocycles. The summed E-state index contributed by atoms with van der Waals surface area (Å²) >= 11 is 7.18. The van der Waals surface area contributed by atoms with Crippen molar-refractivity contribution in [1.82, 2.24) is 63.5 Å². The number of oxazole rings is 2. The Morgan fingerprint density at radius 1 is 0.379 bits per heavy atom. The van der Waals surface area contributed by atoms with Crippen molar-refractivity contribution in [2.45, 2.75) is 32.7 Å². The molecular formula is C78H51N18O3S4+5. The van der Waals surface area contributed by atoms with Crippen LogP contribution in [0.3, 0.4) is 0 Å². The van der Waals surface area contributed by atoms with Crippen LogP contribution in [0.15, 0.2) is 228 Å². The number of rotatable bonds is 1. The van der Waals surface area contributed by atoms with Gasteiger partial charge >= 0.3 is 11.8 Å². The summed E-state index contributed by atoms with van der Waals surface area (Å²) < 4.78 is 59.6. The van der Waals surface area contributed by atoms with Crippen molar-refractivity contribution in [1.29, 1.82) is 0 Å². The van der Waals surface area contributed by atoms with Gasteiger partial charge in [0.15, 0.2) is 47.2 Å². The monoisotopic (exact) mass is 1420 g/mol. The fraction of sp³-hybridized carbons (Fsp3) is 0.0897. The van der Waals surface area contributed by atoms with Crippen LogP contribution in [0, 0.1) is 0 Å². The van der Waals surface area contributed by atoms with Crippen LogP contribution in [0.2, 0.25) is 0 Å². The van der Waals surface area contributed by atoms with Crippen LogP contribution in [0.5, 0.6) is 0 Å². The van der Waals surface area contributed by atoms with E-state index in [9.17, 15) is 0 Å². The van der Waals surface area contributed by atoms with Crippen molar-refractivity contribution in [3.63, 3.8) is 0 Å². The Hall–Kier alpha value is -12.6. The third kappa shape index (κ3) is 8.64. The van der Waals surface area contributed by atoms with Crippen molar-refractivity contribution in [2.24, 2.45) is 14.0 Å². The lowest BCUT2D eigenvalue weighted by atomic mass is 10.2. The average molecular weight is 1420 g/mol. The quantitative estimate of drug-likeness (QED) is 0.141. The zero-order valence-electron chi connectivity index (χ0n) is 57.2. The highest BCUT2D eigenvalue weighted by atomic mass is 32.2. The van der Waals surface area contributed by atoms with Crippen LogP contribution in [0.4, 0.5) is 0 Å². The fourth-order valence-electron chi connectivity index (χ4n) is 15.4. The molecule has 0 radical (unpaired) electrons. The molecule has 103 heavy (non-hydrogen) atoms. The Morgan fingerprint density at radius 2 is 0.835 bits per heavy atom. The number of thiazole rings is 3. The predicted molar refractivity (Wildman–Crippen MR) is 394 cm³/mol. The van der Waals surface area contributed by atoms with Crippen LogP contribution in [-0.4, -0.2) is 63.5 Å². The molecule has 0 amide bonds. The van der Waals surface area contributed by atoms with E-state index < -0.39 is 6.98 Å². The van der Waals surface area contributed by atoms with Crippen molar-refractivity contribution < 1.29 is 40.2 Å². The van der Waals surface area contributed by atoms with Crippen molar-refractivity contribution >= 4 is 153 Å². The van der Waals surface area contributed by atoms with Gasteiger partial charge in [0.05, 0.1) is 60.5 Å². The number of aryl methyl sites for hydroxylation is 2. The predicted octanol–water partition coefficient (Wildman–Crippen LogP) is 14.0. The molecule has 0 saturated heterocycles. The van der Waals surface area contributed by atoms with Crippen molar-refractivity contribution in [3.8, 4) is 60.3 Å². The van der Waals surface area contributed by atoms with Crippen LogP contribution in [0.1, 0.15) is 31.9 Å². The van der Waals surface area contributed by atoms with E-state index in [0.29, 0.717) is 29.5 Å². The maximum atomic E-state index is 7.83. The van der Waals surface area contributed by atoms with E-state index in [2.05, 4.69) is 139 Å². The second-order valence-corrected chi connectivity index (χ2v) is 29.7. The highest BCUT2D eigenvalue weighted by Crippen LogP contribution is 2.45. The number of nitrogens with zero attached hydrogens (tertiary/aromatic N) is 18. The van der Waals surface area contributed by atoms with Crippen LogP contribution >= 0.6 is 45.3 Å². The van der Waals surface area contributed by atoms with Gasteiger partial charge in [-0.05, 0) is 126 Å². The summed E-state index contributed by atoms with van der Waals surface area (Å²) in [7, 11) is 1.99. The van der Waals surface area contributed by atoms with E-state index in [-0.39, 0.29) is 0 Å². The summed E-state index contributed by atoms with van der Waals surface area (Å²) in [4.78, 5) is 46.5. The van der Waals surface area contributed by atoms with Gasteiger partial charge < -0.3 is 13.3 Å². The Labute approximate surface area is 601 Å². The zero-order valence-corrected chi connectivity index (χ0v) is 57.4. The smallest absolute Gasteiger partial charge is 0.383 e. The van der Waals surface area contributed by atoms with Crippen LogP contribution in [0.25, 0.3) is 167 Å². The summed E-state index contributed by atoms with van der Waals surface area (Å²) in [6.07, 6.45) is 27.6. The van der Waals surface area contributed by atoms with Gasteiger partial charge in [-0.1, -0.05) is 40.9 Å². The number of furan rings is 1. The number of hydrogen-bond donors (Lipinski definition) is 0. The normalized spacial score (nSPS) is 13.5. The number of benzene rings is 1. The topological polar surface area (TPSA) is 203 Å². The zero-order chi connectivity index (χ0) is 70.2. The molecule has 20 aromatic heterocycles. The second-order valence-electron chi connectivity index (χ2n) is 25.5. The maximum Gasteiger partial charge on any atom is 0.383 e. The second kappa shape index (κ2) is 22.5. The number of fused-ring (bicyclic) bond motifs is 35. The Morgan fingerprint density at radius 3 is 1.43 bits per heavy atom. The fourth-order valence-corrected chi connectivity index (χ4v) is 20.5. The molecule has 21 nitrogen and oxygen atoms in total. The van der Waals surface area contributed by atoms with Gasteiger partial charge in [0.25, 0.3) is 53.4 Å². The maximum absolute atomic E-state index is 7.83. The van der Waals surface area contributed by atoms with E-state index in [4.69, 9.17) is 17.4 Å². The number of thiophene rings is 1. The van der Waals surface area contributed by atoms with Crippen LogP contribution < -0.4 is 22.8 Å². The molecule has 0 atom stereocenters. The highest BCUT2D eigenvalue weighted by Gasteiger charge is 2.41. The summed E-state index contributed by atoms with van der Waals surface area (Å²) in [5.41, 5.74) is 23.2. The lowest BCUT2D eigenvalue weighted by Gasteiger charge is -2.03. The molecule has 0 saturated carbocycles. The molecule has 0 spiro atoms. The van der Waals surface area contributed by atoms with Gasteiger partial charge in [0.1, 0.15) is 21.5 Å². The molecule has 21 aromatic rings. The molecular weight excluding hydrogens is 1370 g/mol. The standard InChI is InChI=1S/C20H13N4S.2C15H11N4O.C14H8N3OS.C14H8N3S2/c1-2-5-14(6-3-1)24-18-16(7-4-9-22-18)17-20(24)25-19-15-8-10-21-11-13(15)12-23(17)19;2*1-18-13-11(3-2-5-17-13)12-15(18)20-14-10-4-6-16-7-9(10)8-19(12)14;2*1-2-10-11-14(18-12(10)16-4-1)19-13-9-3-5-15-6-8(9)7-17(11)13/h1-11H,12H2;2*2-7H,8H2,1H3;2*1-6H,7H2/q5*+1/i;1D3;;;. The van der Waals surface area contributed by atoms with E-state index >= 15 is 0 Å². The molecule has 0 N–H and O–H groups in total. The first-order valence-corrected chi connectivity index (χ1v) is 36.4. The largest absolute Gasteiger partial charge is 0.420 e. The summed E-state index contributed by atoms with van der Waals surface area (Å²) in [6, 6.07) is 40.8. The number of pyridine rings is 10. The molecule has 25 heterocycles. The van der Waals surface area contributed by atoms with Gasteiger partial charge in [-0.15, -0.1) is 9.13 Å². The molecule has 0 fully saturated rings. The SMILES string of the molecule is Cn1c2ncccc2c2c1oc1[n+]2Cc2cnccc2-1.[2H]C([2H])([2H])n1c2ncccc2c2c1oc1[n+]2Cc2cnccc2-1.c1ccc(-n2c3ncccc3c3c2sc2[n+]3Cc3cnccc3-2)cc1.c1cnc2oc3sc4[n+](c3c2c1)Cc1cnccc1-4.c1cnc2sc3sc4[n+](c3c2c1)Cc1cnccc1-4. The first-order valence-electron chi connectivity index (χ1n) is 34.7. The third-order valence-corrected chi connectivity index (χ3v) is 24.6. The molecule has 25 heteroatoms. The van der Waals surface area contributed by atoms with E-state index in [1.54, 1.807) is 53.5 Å². The number of hydrogen-bond acceptors (Lipinski definition) is 17. The lowest BCUT2D eigenvalue weighted by molar-refractivity contribution is -0.648. The molecule has 0 unspecified atom stereocenters. The molecule has 1 aromatic carbocycles. The summed E-state index contributed by atoms with van der Waals surface area (Å²) in [5.74, 6) is 1.57. The van der Waals surface area contributed by atoms with Gasteiger partial charge in [-0.3, -0.25) is 38.6 Å². The van der Waals surface area contributed by atoms with Crippen molar-refractivity contribution in [3.05, 3.63) is 242 Å². The third-order valence-electron chi connectivity index (χ3n) is 19.9. The van der Waals surface area contributed by atoms with E-state index in [0.717, 1.165) is 114 Å². The summed E-state index contributed by atoms with van der Waals surface area (Å²) in [6.45, 7) is 1.73. The molecule has 490 valence electrons. The van der Waals surface area contributed by atoms with Gasteiger partial charge in [-0.2, -0.15) is 13.7 Å². The van der Waals surface area contributed by atoms with Crippen molar-refractivity contribution in [2.75, 3.05) is 0 Å². The number of aromatic nitrogens is 18. The molecule has 26 rings (SSSR count). The lowest BCUT2D eigenvalue weighted by Crippen LogP contribution is -2.30. The van der Waals surface area contributed by atoms with E-state index in [1.807, 2.05) is 156 Å². The average Bonchev–Trinajstić information content (AvgIpc) is 1.57. The first-order chi connectivity index (χ1) is 52.1.